The van der Waals surface area contributed by atoms with Crippen molar-refractivity contribution in [2.75, 3.05) is 4.72 Å². The number of anilines is 1. The predicted octanol–water partition coefficient (Wildman–Crippen LogP) is 3.56. The molecule has 28 heavy (non-hydrogen) atoms. The molecule has 1 N–H and O–H groups in total. The fraction of sp³-hybridized carbons (Fsp3) is 0.118. The molecule has 0 spiro atoms. The van der Waals surface area contributed by atoms with Crippen molar-refractivity contribution < 1.29 is 13.3 Å². The molecular formula is C17H15N5O4S2. The number of nitrogens with zero attached hydrogens (tertiary/aromatic N) is 4. The molecule has 0 unspecified atom stereocenters. The van der Waals surface area contributed by atoms with E-state index < -0.39 is 14.9 Å². The number of hydrogen-bond donors (Lipinski definition) is 1. The molecule has 0 atom stereocenters. The summed E-state index contributed by atoms with van der Waals surface area (Å²) in [5.41, 5.74) is 0.467. The van der Waals surface area contributed by atoms with Crippen LogP contribution in [0, 0.1) is 10.1 Å². The highest BCUT2D eigenvalue weighted by Crippen LogP contribution is 2.22. The van der Waals surface area contributed by atoms with E-state index in [0.29, 0.717) is 10.7 Å². The number of aliphatic imine (C=N–C) groups is 1. The van der Waals surface area contributed by atoms with Crippen LogP contribution >= 0.6 is 11.3 Å². The molecule has 0 aliphatic heterocycles. The van der Waals surface area contributed by atoms with Gasteiger partial charge in [0, 0.05) is 12.1 Å². The Balaban J connectivity index is 1.74. The van der Waals surface area contributed by atoms with E-state index in [1.807, 2.05) is 6.92 Å². The zero-order valence-corrected chi connectivity index (χ0v) is 16.3. The van der Waals surface area contributed by atoms with Crippen LogP contribution in [0.25, 0.3) is 0 Å². The van der Waals surface area contributed by atoms with Crippen LogP contribution in [0.1, 0.15) is 16.9 Å². The normalized spacial score (nSPS) is 11.6. The highest BCUT2D eigenvalue weighted by Gasteiger charge is 2.15. The van der Waals surface area contributed by atoms with Gasteiger partial charge in [-0.05, 0) is 36.8 Å². The molecule has 11 heteroatoms. The maximum atomic E-state index is 12.5. The Morgan fingerprint density at radius 3 is 2.61 bits per heavy atom. The van der Waals surface area contributed by atoms with Gasteiger partial charge in [0.15, 0.2) is 5.01 Å². The fourth-order valence-corrected chi connectivity index (χ4v) is 3.90. The Morgan fingerprint density at radius 1 is 1.21 bits per heavy atom. The molecule has 2 aromatic carbocycles. The van der Waals surface area contributed by atoms with Crippen LogP contribution in [0.15, 0.2) is 58.4 Å². The van der Waals surface area contributed by atoms with E-state index in [9.17, 15) is 18.5 Å². The number of nitro groups is 1. The summed E-state index contributed by atoms with van der Waals surface area (Å²) in [7, 11) is -3.88. The Morgan fingerprint density at radius 2 is 1.96 bits per heavy atom. The van der Waals surface area contributed by atoms with E-state index in [1.165, 1.54) is 41.7 Å². The van der Waals surface area contributed by atoms with Gasteiger partial charge in [0.25, 0.3) is 15.7 Å². The highest BCUT2D eigenvalue weighted by molar-refractivity contribution is 7.92. The van der Waals surface area contributed by atoms with E-state index in [-0.39, 0.29) is 16.3 Å². The smallest absolute Gasteiger partial charge is 0.271 e. The van der Waals surface area contributed by atoms with Crippen LogP contribution in [0.5, 0.6) is 0 Å². The van der Waals surface area contributed by atoms with Gasteiger partial charge in [-0.1, -0.05) is 24.3 Å². The molecule has 144 valence electrons. The lowest BCUT2D eigenvalue weighted by Crippen LogP contribution is -2.12. The maximum Gasteiger partial charge on any atom is 0.271 e. The zero-order chi connectivity index (χ0) is 20.1. The molecule has 9 nitrogen and oxygen atoms in total. The number of nitrogens with one attached hydrogen (secondary N) is 1. The van der Waals surface area contributed by atoms with Crippen molar-refractivity contribution in [3.63, 3.8) is 0 Å². The molecule has 0 fully saturated rings. The molecule has 3 aromatic rings. The largest absolute Gasteiger partial charge is 0.279 e. The fourth-order valence-electron chi connectivity index (χ4n) is 2.20. The van der Waals surface area contributed by atoms with Crippen LogP contribution < -0.4 is 4.72 Å². The minimum absolute atomic E-state index is 0.0159. The number of rotatable bonds is 7. The zero-order valence-electron chi connectivity index (χ0n) is 14.6. The third-order valence-electron chi connectivity index (χ3n) is 3.57. The van der Waals surface area contributed by atoms with Crippen molar-refractivity contribution in [1.29, 1.82) is 0 Å². The average Bonchev–Trinajstić information content (AvgIpc) is 3.15. The molecule has 0 aliphatic carbocycles. The summed E-state index contributed by atoms with van der Waals surface area (Å²) in [5.74, 6) is 0. The summed E-state index contributed by atoms with van der Waals surface area (Å²) >= 11 is 1.44. The van der Waals surface area contributed by atoms with Crippen molar-refractivity contribution in [3.05, 3.63) is 68.7 Å². The Bertz CT molecular complexity index is 1120. The quantitative estimate of drug-likeness (QED) is 0.356. The van der Waals surface area contributed by atoms with Crippen molar-refractivity contribution >= 4 is 44.6 Å². The van der Waals surface area contributed by atoms with Crippen LogP contribution in [0.2, 0.25) is 0 Å². The molecule has 0 aliphatic rings. The number of aryl methyl sites for hydroxylation is 1. The summed E-state index contributed by atoms with van der Waals surface area (Å²) in [6, 6.07) is 11.2. The summed E-state index contributed by atoms with van der Waals surface area (Å²) in [5, 5.41) is 20.4. The van der Waals surface area contributed by atoms with Crippen LogP contribution in [0.3, 0.4) is 0 Å². The number of sulfonamides is 1. The molecule has 0 saturated carbocycles. The molecule has 1 aromatic heterocycles. The van der Waals surface area contributed by atoms with E-state index in [0.717, 1.165) is 17.5 Å². The predicted molar refractivity (Wildman–Crippen MR) is 107 cm³/mol. The first-order valence-corrected chi connectivity index (χ1v) is 10.4. The maximum absolute atomic E-state index is 12.5. The molecular weight excluding hydrogens is 402 g/mol. The highest BCUT2D eigenvalue weighted by atomic mass is 32.2. The first-order chi connectivity index (χ1) is 13.4. The van der Waals surface area contributed by atoms with E-state index in [2.05, 4.69) is 19.9 Å². The molecule has 3 rings (SSSR count). The standard InChI is InChI=1S/C17H15N5O4S2/c1-2-16-19-20-17(27-16)11-18-12-6-8-15(9-7-12)28(25,26)21-13-4-3-5-14(10-13)22(23)24/h3-11,21H,2H2,1H3. The summed E-state index contributed by atoms with van der Waals surface area (Å²) in [6.07, 6.45) is 2.37. The molecule has 1 heterocycles. The number of non-ortho nitro benzene ring substituents is 1. The second-order valence-electron chi connectivity index (χ2n) is 5.55. The van der Waals surface area contributed by atoms with Crippen molar-refractivity contribution in [2.24, 2.45) is 4.99 Å². The number of aromatic nitrogens is 2. The van der Waals surface area contributed by atoms with Crippen molar-refractivity contribution in [1.82, 2.24) is 10.2 Å². The Kier molecular flexibility index (Phi) is 5.76. The first kappa shape index (κ1) is 19.6. The summed E-state index contributed by atoms with van der Waals surface area (Å²) in [4.78, 5) is 14.5. The SMILES string of the molecule is CCc1nnc(C=Nc2ccc(S(=O)(=O)Nc3cccc([N+](=O)[O-])c3)cc2)s1. The first-order valence-electron chi connectivity index (χ1n) is 8.11. The molecule has 0 radical (unpaired) electrons. The van der Waals surface area contributed by atoms with Gasteiger partial charge < -0.3 is 0 Å². The van der Waals surface area contributed by atoms with Gasteiger partial charge >= 0.3 is 0 Å². The summed E-state index contributed by atoms with van der Waals surface area (Å²) in [6.45, 7) is 1.99. The Hall–Kier alpha value is -3.18. The van der Waals surface area contributed by atoms with Crippen molar-refractivity contribution in [2.45, 2.75) is 18.2 Å². The van der Waals surface area contributed by atoms with Gasteiger partial charge in [-0.15, -0.1) is 10.2 Å². The van der Waals surface area contributed by atoms with Gasteiger partial charge in [-0.25, -0.2) is 8.42 Å². The van der Waals surface area contributed by atoms with E-state index >= 15 is 0 Å². The minimum Gasteiger partial charge on any atom is -0.279 e. The van der Waals surface area contributed by atoms with Crippen LogP contribution in [-0.2, 0) is 16.4 Å². The minimum atomic E-state index is -3.88. The second-order valence-corrected chi connectivity index (χ2v) is 8.33. The summed E-state index contributed by atoms with van der Waals surface area (Å²) < 4.78 is 27.3. The van der Waals surface area contributed by atoms with Gasteiger partial charge in [0.2, 0.25) is 0 Å². The lowest BCUT2D eigenvalue weighted by Gasteiger charge is -2.08. The molecule has 0 amide bonds. The van der Waals surface area contributed by atoms with Gasteiger partial charge in [0.1, 0.15) is 5.01 Å². The van der Waals surface area contributed by atoms with Gasteiger partial charge in [-0.3, -0.25) is 19.8 Å². The van der Waals surface area contributed by atoms with Crippen LogP contribution in [-0.4, -0.2) is 29.8 Å². The third-order valence-corrected chi connectivity index (χ3v) is 5.96. The second kappa shape index (κ2) is 8.23. The molecule has 0 saturated heterocycles. The number of nitro benzene ring substituents is 1. The lowest BCUT2D eigenvalue weighted by molar-refractivity contribution is -0.384. The van der Waals surface area contributed by atoms with E-state index in [1.54, 1.807) is 18.3 Å². The van der Waals surface area contributed by atoms with Gasteiger partial charge in [-0.2, -0.15) is 0 Å². The van der Waals surface area contributed by atoms with Crippen molar-refractivity contribution in [3.8, 4) is 0 Å². The average molecular weight is 417 g/mol. The van der Waals surface area contributed by atoms with Crippen LogP contribution in [0.4, 0.5) is 17.1 Å². The number of benzene rings is 2. The van der Waals surface area contributed by atoms with Gasteiger partial charge in [0.05, 0.1) is 27.4 Å². The Labute approximate surface area is 165 Å². The van der Waals surface area contributed by atoms with E-state index in [4.69, 9.17) is 0 Å². The number of hydrogen-bond acceptors (Lipinski definition) is 8. The molecule has 0 bridgehead atoms. The monoisotopic (exact) mass is 417 g/mol. The lowest BCUT2D eigenvalue weighted by atomic mass is 10.3. The topological polar surface area (TPSA) is 127 Å². The third kappa shape index (κ3) is 4.75.